The zero-order valence-electron chi connectivity index (χ0n) is 14.7. The Morgan fingerprint density at radius 2 is 1.48 bits per heavy atom. The van der Waals surface area contributed by atoms with Gasteiger partial charge in [-0.1, -0.05) is 36.4 Å². The molecule has 0 amide bonds. The number of carboxylic acids is 1. The number of nitrogens with one attached hydrogen (secondary N) is 1. The molecule has 0 saturated carbocycles. The van der Waals surface area contributed by atoms with Crippen molar-refractivity contribution in [2.75, 3.05) is 11.9 Å². The van der Waals surface area contributed by atoms with E-state index in [9.17, 15) is 29.8 Å². The molecule has 10 heteroatoms. The first-order valence-electron chi connectivity index (χ1n) is 8.25. The van der Waals surface area contributed by atoms with Crippen LogP contribution in [0.15, 0.2) is 54.6 Å². The average Bonchev–Trinajstić information content (AvgIpc) is 2.70. The molecule has 3 rings (SSSR count). The fourth-order valence-corrected chi connectivity index (χ4v) is 3.03. The van der Waals surface area contributed by atoms with Crippen molar-refractivity contribution >= 4 is 39.6 Å². The third kappa shape index (κ3) is 3.72. The van der Waals surface area contributed by atoms with Gasteiger partial charge in [-0.2, -0.15) is 0 Å². The monoisotopic (exact) mass is 395 g/mol. The summed E-state index contributed by atoms with van der Waals surface area (Å²) in [6.07, 6.45) is 0. The van der Waals surface area contributed by atoms with Crippen LogP contribution in [0.25, 0.3) is 10.8 Å². The number of nitro benzene ring substituents is 2. The first kappa shape index (κ1) is 19.4. The van der Waals surface area contributed by atoms with Crippen molar-refractivity contribution < 1.29 is 24.5 Å². The lowest BCUT2D eigenvalue weighted by Gasteiger charge is -2.11. The van der Waals surface area contributed by atoms with Crippen LogP contribution in [-0.4, -0.2) is 33.3 Å². The molecule has 0 aliphatic heterocycles. The molecule has 29 heavy (non-hydrogen) atoms. The molecule has 10 nitrogen and oxygen atoms in total. The zero-order chi connectivity index (χ0) is 21.1. The summed E-state index contributed by atoms with van der Waals surface area (Å²) < 4.78 is 0. The number of nitro groups is 2. The van der Waals surface area contributed by atoms with Gasteiger partial charge in [-0.15, -0.1) is 0 Å². The van der Waals surface area contributed by atoms with Crippen LogP contribution in [-0.2, 0) is 4.79 Å². The van der Waals surface area contributed by atoms with Crippen LogP contribution in [0.2, 0.25) is 0 Å². The lowest BCUT2D eigenvalue weighted by molar-refractivity contribution is -0.422. The average molecular weight is 395 g/mol. The summed E-state index contributed by atoms with van der Waals surface area (Å²) in [7, 11) is 0. The molecule has 0 radical (unpaired) electrons. The fraction of sp³-hybridized carbons (Fsp3) is 0.0526. The second kappa shape index (κ2) is 7.72. The molecule has 0 heterocycles. The SMILES string of the molecule is O=C(O)CNc1cccc2c(C(=O)c3cccc([N+](=O)[O-])c3[N+](=O)[O-])cccc12. The minimum absolute atomic E-state index is 0.102. The predicted molar refractivity (Wildman–Crippen MR) is 103 cm³/mol. The number of fused-ring (bicyclic) bond motifs is 1. The summed E-state index contributed by atoms with van der Waals surface area (Å²) in [6, 6.07) is 12.9. The first-order chi connectivity index (χ1) is 13.8. The fourth-order valence-electron chi connectivity index (χ4n) is 3.03. The highest BCUT2D eigenvalue weighted by molar-refractivity contribution is 6.19. The number of hydrogen-bond donors (Lipinski definition) is 2. The van der Waals surface area contributed by atoms with Gasteiger partial charge < -0.3 is 10.4 Å². The highest BCUT2D eigenvalue weighted by Crippen LogP contribution is 2.34. The van der Waals surface area contributed by atoms with Gasteiger partial charge in [0.2, 0.25) is 5.78 Å². The van der Waals surface area contributed by atoms with Crippen LogP contribution in [0.5, 0.6) is 0 Å². The number of carbonyl (C=O) groups excluding carboxylic acids is 1. The molecular weight excluding hydrogens is 382 g/mol. The van der Waals surface area contributed by atoms with E-state index in [-0.39, 0.29) is 12.1 Å². The number of carboxylic acid groups (broad SMARTS) is 1. The normalized spacial score (nSPS) is 10.5. The Labute approximate surface area is 162 Å². The number of nitrogens with zero attached hydrogens (tertiary/aromatic N) is 2. The lowest BCUT2D eigenvalue weighted by atomic mass is 9.95. The largest absolute Gasteiger partial charge is 0.480 e. The van der Waals surface area contributed by atoms with Crippen LogP contribution in [0, 0.1) is 20.2 Å². The first-order valence-corrected chi connectivity index (χ1v) is 8.25. The van der Waals surface area contributed by atoms with E-state index >= 15 is 0 Å². The van der Waals surface area contributed by atoms with E-state index in [1.807, 2.05) is 0 Å². The Hall–Kier alpha value is -4.34. The molecule has 0 unspecified atom stereocenters. The van der Waals surface area contributed by atoms with E-state index in [1.54, 1.807) is 30.3 Å². The topological polar surface area (TPSA) is 153 Å². The number of rotatable bonds is 7. The Kier molecular flexibility index (Phi) is 5.17. The van der Waals surface area contributed by atoms with E-state index in [4.69, 9.17) is 5.11 Å². The van der Waals surface area contributed by atoms with E-state index in [0.717, 1.165) is 6.07 Å². The minimum atomic E-state index is -1.07. The smallest absolute Gasteiger partial charge is 0.357 e. The van der Waals surface area contributed by atoms with Gasteiger partial charge in [-0.05, 0) is 17.5 Å². The molecule has 146 valence electrons. The standard InChI is InChI=1S/C19H13N3O7/c23-17(24)10-20-15-8-2-4-11-12(15)5-1-6-13(11)19(25)14-7-3-9-16(21(26)27)18(14)22(28)29/h1-9,20H,10H2,(H,23,24). The quantitative estimate of drug-likeness (QED) is 0.351. The summed E-state index contributed by atoms with van der Waals surface area (Å²) in [6.45, 7) is -0.340. The molecule has 0 aliphatic rings. The molecule has 0 saturated heterocycles. The highest BCUT2D eigenvalue weighted by atomic mass is 16.6. The van der Waals surface area contributed by atoms with E-state index in [1.165, 1.54) is 18.2 Å². The van der Waals surface area contributed by atoms with Gasteiger partial charge in [-0.3, -0.25) is 29.8 Å². The van der Waals surface area contributed by atoms with Crippen LogP contribution in [0.3, 0.4) is 0 Å². The minimum Gasteiger partial charge on any atom is -0.480 e. The Balaban J connectivity index is 2.18. The van der Waals surface area contributed by atoms with Crippen LogP contribution < -0.4 is 5.32 Å². The van der Waals surface area contributed by atoms with Gasteiger partial charge >= 0.3 is 17.3 Å². The molecule has 0 aliphatic carbocycles. The number of carbonyl (C=O) groups is 2. The maximum atomic E-state index is 13.1. The van der Waals surface area contributed by atoms with Crippen molar-refractivity contribution in [2.24, 2.45) is 0 Å². The highest BCUT2D eigenvalue weighted by Gasteiger charge is 2.32. The van der Waals surface area contributed by atoms with Gasteiger partial charge in [0.1, 0.15) is 12.1 Å². The molecule has 0 bridgehead atoms. The van der Waals surface area contributed by atoms with Crippen LogP contribution >= 0.6 is 0 Å². The van der Waals surface area contributed by atoms with E-state index < -0.39 is 38.5 Å². The molecule has 0 atom stereocenters. The number of benzene rings is 3. The van der Waals surface area contributed by atoms with Crippen molar-refractivity contribution in [1.82, 2.24) is 0 Å². The molecule has 2 N–H and O–H groups in total. The van der Waals surface area contributed by atoms with E-state index in [2.05, 4.69) is 5.32 Å². The zero-order valence-corrected chi connectivity index (χ0v) is 14.7. The maximum Gasteiger partial charge on any atom is 0.357 e. The van der Waals surface area contributed by atoms with Crippen molar-refractivity contribution in [2.45, 2.75) is 0 Å². The summed E-state index contributed by atoms with van der Waals surface area (Å²) in [5.74, 6) is -1.82. The van der Waals surface area contributed by atoms with Gasteiger partial charge in [0.15, 0.2) is 0 Å². The Morgan fingerprint density at radius 3 is 2.14 bits per heavy atom. The summed E-state index contributed by atoms with van der Waals surface area (Å²) in [5.41, 5.74) is -1.48. The van der Waals surface area contributed by atoms with Crippen LogP contribution in [0.4, 0.5) is 17.1 Å². The number of para-hydroxylation sites is 1. The maximum absolute atomic E-state index is 13.1. The lowest BCUT2D eigenvalue weighted by Crippen LogP contribution is -2.12. The van der Waals surface area contributed by atoms with Gasteiger partial charge in [-0.25, -0.2) is 0 Å². The second-order valence-electron chi connectivity index (χ2n) is 5.97. The van der Waals surface area contributed by atoms with Crippen LogP contribution in [0.1, 0.15) is 15.9 Å². The number of anilines is 1. The molecule has 0 aromatic heterocycles. The third-order valence-electron chi connectivity index (χ3n) is 4.24. The van der Waals surface area contributed by atoms with Crippen molar-refractivity contribution in [3.63, 3.8) is 0 Å². The van der Waals surface area contributed by atoms with Gasteiger partial charge in [0.05, 0.1) is 9.85 Å². The van der Waals surface area contributed by atoms with E-state index in [0.29, 0.717) is 16.5 Å². The summed E-state index contributed by atoms with van der Waals surface area (Å²) in [4.78, 5) is 44.6. The van der Waals surface area contributed by atoms with Crippen molar-refractivity contribution in [3.05, 3.63) is 86.0 Å². The predicted octanol–water partition coefficient (Wildman–Crippen LogP) is 3.38. The van der Waals surface area contributed by atoms with Crippen molar-refractivity contribution in [1.29, 1.82) is 0 Å². The van der Waals surface area contributed by atoms with Gasteiger partial charge in [0.25, 0.3) is 0 Å². The number of aliphatic carboxylic acids is 1. The molecule has 0 fully saturated rings. The Morgan fingerprint density at radius 1 is 0.862 bits per heavy atom. The van der Waals surface area contributed by atoms with Gasteiger partial charge in [0, 0.05) is 22.7 Å². The molecular formula is C19H13N3O7. The third-order valence-corrected chi connectivity index (χ3v) is 4.24. The summed E-state index contributed by atoms with van der Waals surface area (Å²) in [5, 5.41) is 35.1. The molecule has 3 aromatic carbocycles. The number of ketones is 1. The Bertz CT molecular complexity index is 1170. The second-order valence-corrected chi connectivity index (χ2v) is 5.97. The summed E-state index contributed by atoms with van der Waals surface area (Å²) >= 11 is 0. The molecule has 3 aromatic rings. The number of hydrogen-bond acceptors (Lipinski definition) is 7. The van der Waals surface area contributed by atoms with Crippen molar-refractivity contribution in [3.8, 4) is 0 Å². The molecule has 0 spiro atoms.